The summed E-state index contributed by atoms with van der Waals surface area (Å²) < 4.78 is 22.0. The van der Waals surface area contributed by atoms with Crippen molar-refractivity contribution >= 4 is 40.3 Å². The Kier molecular flexibility index (Phi) is 7.84. The second kappa shape index (κ2) is 11.5. The summed E-state index contributed by atoms with van der Waals surface area (Å²) in [7, 11) is 0. The molecule has 0 atom stereocenters. The van der Waals surface area contributed by atoms with E-state index in [-0.39, 0.29) is 22.2 Å². The number of hydrogen-bond donors (Lipinski definition) is 1. The zero-order valence-electron chi connectivity index (χ0n) is 26.5. The number of piperazine rings is 1. The first kappa shape index (κ1) is 31.2. The number of anilines is 1. The smallest absolute Gasteiger partial charge is 0.337 e. The summed E-state index contributed by atoms with van der Waals surface area (Å²) in [4.78, 5) is 43.6. The Labute approximate surface area is 270 Å². The lowest BCUT2D eigenvalue weighted by molar-refractivity contribution is 0.0507. The van der Waals surface area contributed by atoms with Crippen molar-refractivity contribution in [3.63, 3.8) is 0 Å². The van der Waals surface area contributed by atoms with Crippen molar-refractivity contribution in [2.24, 2.45) is 0 Å². The molecule has 1 N–H and O–H groups in total. The molecule has 1 aliphatic rings. The molecule has 5 heterocycles. The van der Waals surface area contributed by atoms with Gasteiger partial charge < -0.3 is 23.9 Å². The van der Waals surface area contributed by atoms with Gasteiger partial charge in [0, 0.05) is 43.7 Å². The number of carboxylic acids is 1. The number of hydrogen-bond acceptors (Lipinski definition) is 7. The van der Waals surface area contributed by atoms with Crippen LogP contribution in [0.2, 0.25) is 5.02 Å². The van der Waals surface area contributed by atoms with Gasteiger partial charge in [-0.15, -0.1) is 0 Å². The van der Waals surface area contributed by atoms with Gasteiger partial charge in [-0.25, -0.2) is 24.1 Å². The summed E-state index contributed by atoms with van der Waals surface area (Å²) in [6.07, 6.45) is 1.88. The maximum atomic E-state index is 14.5. The van der Waals surface area contributed by atoms with Crippen LogP contribution < -0.4 is 4.90 Å². The minimum atomic E-state index is -1.00. The van der Waals surface area contributed by atoms with E-state index in [0.29, 0.717) is 66.1 Å². The van der Waals surface area contributed by atoms with Gasteiger partial charge in [0.25, 0.3) is 5.91 Å². The first-order valence-electron chi connectivity index (χ1n) is 14.9. The van der Waals surface area contributed by atoms with Crippen molar-refractivity contribution in [1.29, 1.82) is 0 Å². The highest BCUT2D eigenvalue weighted by molar-refractivity contribution is 6.30. The number of halogens is 2. The molecule has 5 aromatic rings. The molecule has 1 aromatic carbocycles. The minimum Gasteiger partial charge on any atom is -0.478 e. The molecule has 0 saturated carbocycles. The number of aromatic nitrogens is 4. The van der Waals surface area contributed by atoms with Gasteiger partial charge in [0.1, 0.15) is 34.4 Å². The molecule has 1 amide bonds. The minimum absolute atomic E-state index is 0.0354. The third-order valence-electron chi connectivity index (χ3n) is 8.56. The zero-order valence-corrected chi connectivity index (χ0v) is 27.2. The second-order valence-electron chi connectivity index (χ2n) is 12.4. The normalized spacial score (nSPS) is 14.7. The average Bonchev–Trinajstić information content (AvgIpc) is 3.50. The quantitative estimate of drug-likeness (QED) is 0.220. The number of carbonyl (C=O) groups excluding carboxylic acids is 1. The van der Waals surface area contributed by atoms with Gasteiger partial charge in [-0.05, 0) is 76.1 Å². The van der Waals surface area contributed by atoms with E-state index in [0.717, 1.165) is 16.6 Å². The van der Waals surface area contributed by atoms with Crippen LogP contribution in [0.25, 0.3) is 22.2 Å². The van der Waals surface area contributed by atoms with E-state index >= 15 is 0 Å². The largest absolute Gasteiger partial charge is 0.478 e. The molecule has 238 valence electrons. The van der Waals surface area contributed by atoms with E-state index in [1.807, 2.05) is 42.5 Å². The molecule has 0 radical (unpaired) electrons. The third kappa shape index (κ3) is 5.60. The maximum Gasteiger partial charge on any atom is 0.337 e. The molecule has 1 fully saturated rings. The fourth-order valence-corrected chi connectivity index (χ4v) is 6.46. The Balaban J connectivity index is 1.34. The summed E-state index contributed by atoms with van der Waals surface area (Å²) in [5.74, 6) is 0.174. The first-order valence-corrected chi connectivity index (χ1v) is 15.3. The van der Waals surface area contributed by atoms with E-state index in [1.54, 1.807) is 39.0 Å². The number of fused-ring (bicyclic) bond motifs is 1. The Morgan fingerprint density at radius 3 is 2.43 bits per heavy atom. The van der Waals surface area contributed by atoms with Crippen LogP contribution in [0.15, 0.2) is 47.0 Å². The van der Waals surface area contributed by atoms with E-state index in [1.165, 1.54) is 12.1 Å². The maximum absolute atomic E-state index is 14.5. The van der Waals surface area contributed by atoms with Gasteiger partial charge in [0.2, 0.25) is 0 Å². The molecule has 0 unspecified atom stereocenters. The SMILES string of the molecule is Cc1nc(Cn2cc(-c3ccc(Cl)c(F)c3)c3ccc(C(=O)N4CCN(c5cc(C)c(C(=O)O)c(C)n5)CC4(C)C)nc32)c(C)o1. The molecular formula is C34H34ClFN6O4. The molecule has 0 spiro atoms. The Bertz CT molecular complexity index is 2010. The Hall–Kier alpha value is -4.77. The first-order chi connectivity index (χ1) is 21.7. The average molecular weight is 645 g/mol. The highest BCUT2D eigenvalue weighted by Gasteiger charge is 2.38. The number of amides is 1. The molecule has 12 heteroatoms. The molecule has 46 heavy (non-hydrogen) atoms. The molecule has 0 bridgehead atoms. The Morgan fingerprint density at radius 1 is 1.04 bits per heavy atom. The number of benzene rings is 1. The van der Waals surface area contributed by atoms with Crippen LogP contribution in [-0.4, -0.2) is 66.6 Å². The number of carboxylic acid groups (broad SMARTS) is 1. The molecule has 4 aromatic heterocycles. The topological polar surface area (TPSA) is 118 Å². The lowest BCUT2D eigenvalue weighted by Gasteiger charge is -2.47. The summed E-state index contributed by atoms with van der Waals surface area (Å²) in [6.45, 7) is 12.9. The lowest BCUT2D eigenvalue weighted by atomic mass is 9.97. The number of carbonyl (C=O) groups is 2. The summed E-state index contributed by atoms with van der Waals surface area (Å²) >= 11 is 5.96. The van der Waals surface area contributed by atoms with E-state index in [4.69, 9.17) is 21.0 Å². The van der Waals surface area contributed by atoms with Gasteiger partial charge in [0.05, 0.1) is 28.4 Å². The van der Waals surface area contributed by atoms with Gasteiger partial charge >= 0.3 is 5.97 Å². The fourth-order valence-electron chi connectivity index (χ4n) is 6.34. The summed E-state index contributed by atoms with van der Waals surface area (Å²) in [5.41, 5.74) is 3.66. The van der Waals surface area contributed by atoms with E-state index < -0.39 is 17.3 Å². The summed E-state index contributed by atoms with van der Waals surface area (Å²) in [6, 6.07) is 10.0. The number of rotatable bonds is 6. The van der Waals surface area contributed by atoms with Crippen molar-refractivity contribution in [1.82, 2.24) is 24.4 Å². The van der Waals surface area contributed by atoms with Crippen LogP contribution in [0.1, 0.15) is 63.3 Å². The number of aromatic carboxylic acids is 1. The molecular weight excluding hydrogens is 611 g/mol. The fraction of sp³-hybridized carbons (Fsp3) is 0.324. The van der Waals surface area contributed by atoms with Crippen LogP contribution in [0, 0.1) is 33.5 Å². The van der Waals surface area contributed by atoms with Gasteiger partial charge in [-0.2, -0.15) is 0 Å². The van der Waals surface area contributed by atoms with E-state index in [9.17, 15) is 19.1 Å². The molecule has 1 aliphatic heterocycles. The van der Waals surface area contributed by atoms with Gasteiger partial charge in [-0.1, -0.05) is 17.7 Å². The monoisotopic (exact) mass is 644 g/mol. The number of pyridine rings is 2. The van der Waals surface area contributed by atoms with Crippen LogP contribution in [-0.2, 0) is 6.54 Å². The predicted octanol–water partition coefficient (Wildman–Crippen LogP) is 6.60. The lowest BCUT2D eigenvalue weighted by Crippen LogP contribution is -2.61. The predicted molar refractivity (Wildman–Crippen MR) is 173 cm³/mol. The summed E-state index contributed by atoms with van der Waals surface area (Å²) in [5, 5.41) is 10.3. The van der Waals surface area contributed by atoms with Crippen molar-refractivity contribution in [2.75, 3.05) is 24.5 Å². The van der Waals surface area contributed by atoms with Gasteiger partial charge in [0.15, 0.2) is 5.89 Å². The van der Waals surface area contributed by atoms with Crippen LogP contribution in [0.4, 0.5) is 10.2 Å². The third-order valence-corrected chi connectivity index (χ3v) is 8.87. The van der Waals surface area contributed by atoms with Crippen LogP contribution >= 0.6 is 11.6 Å². The Morgan fingerprint density at radius 2 is 1.80 bits per heavy atom. The highest BCUT2D eigenvalue weighted by atomic mass is 35.5. The zero-order chi connectivity index (χ0) is 33.1. The standard InChI is InChI=1S/C34H34ClFN6O4/c1-18-13-29(37-19(2)30(18)33(44)45)40-11-12-42(34(5,6)17-40)32(43)27-10-8-23-24(22-7-9-25(35)26(36)14-22)15-41(31(23)39-27)16-28-20(3)46-21(4)38-28/h7-10,13-15H,11-12,16-17H2,1-6H3,(H,44,45). The van der Waals surface area contributed by atoms with Gasteiger partial charge in [-0.3, -0.25) is 4.79 Å². The number of aryl methyl sites for hydroxylation is 4. The molecule has 1 saturated heterocycles. The van der Waals surface area contributed by atoms with E-state index in [2.05, 4.69) is 14.9 Å². The molecule has 10 nitrogen and oxygen atoms in total. The van der Waals surface area contributed by atoms with Crippen LogP contribution in [0.5, 0.6) is 0 Å². The van der Waals surface area contributed by atoms with Crippen molar-refractivity contribution < 1.29 is 23.5 Å². The second-order valence-corrected chi connectivity index (χ2v) is 12.8. The molecule has 0 aliphatic carbocycles. The number of oxazole rings is 1. The highest BCUT2D eigenvalue weighted by Crippen LogP contribution is 2.34. The van der Waals surface area contributed by atoms with Crippen molar-refractivity contribution in [3.05, 3.63) is 93.3 Å². The van der Waals surface area contributed by atoms with Crippen LogP contribution in [0.3, 0.4) is 0 Å². The molecule has 6 rings (SSSR count). The van der Waals surface area contributed by atoms with Crippen molar-refractivity contribution in [2.45, 2.75) is 53.6 Å². The number of nitrogens with zero attached hydrogens (tertiary/aromatic N) is 6. The van der Waals surface area contributed by atoms with Crippen molar-refractivity contribution in [3.8, 4) is 11.1 Å².